The smallest absolute Gasteiger partial charge is 0.233 e. The number of piperidine rings is 1. The molecule has 1 aliphatic heterocycles. The van der Waals surface area contributed by atoms with Gasteiger partial charge in [0.1, 0.15) is 0 Å². The van der Waals surface area contributed by atoms with Gasteiger partial charge in [0, 0.05) is 35.6 Å². The van der Waals surface area contributed by atoms with Crippen LogP contribution in [0.4, 0.5) is 0 Å². The average molecular weight is 428 g/mol. The number of amides is 1. The highest BCUT2D eigenvalue weighted by Crippen LogP contribution is 2.29. The fourth-order valence-electron chi connectivity index (χ4n) is 3.58. The van der Waals surface area contributed by atoms with Gasteiger partial charge in [-0.3, -0.25) is 14.3 Å². The fraction of sp³-hybridized carbons (Fsp3) is 0.333. The Balaban J connectivity index is 1.63. The second-order valence-corrected chi connectivity index (χ2v) is 8.46. The molecule has 1 amide bonds. The monoisotopic (exact) mass is 427 g/mol. The molecule has 8 heteroatoms. The molecule has 0 bridgehead atoms. The number of benzene rings is 1. The molecule has 1 aromatic carbocycles. The molecule has 0 spiro atoms. The van der Waals surface area contributed by atoms with E-state index in [0.717, 1.165) is 30.6 Å². The molecule has 2 aromatic heterocycles. The topological polar surface area (TPSA) is 63.9 Å². The molecule has 0 N–H and O–H groups in total. The van der Waals surface area contributed by atoms with Crippen LogP contribution in [0.2, 0.25) is 5.02 Å². The van der Waals surface area contributed by atoms with Gasteiger partial charge < -0.3 is 4.90 Å². The standard InChI is InChI=1S/C21H22ClN5OS/c1-15-5-2-3-12-26(15)19(28)14-29-21-25-24-20(16-8-10-23-11-9-16)27(21)18-7-4-6-17(22)13-18/h4,6-11,13,15H,2-3,5,12,14H2,1H3/t15-/m0/s1. The molecular formula is C21H22ClN5OS. The third-order valence-electron chi connectivity index (χ3n) is 5.09. The maximum Gasteiger partial charge on any atom is 0.233 e. The molecule has 3 heterocycles. The van der Waals surface area contributed by atoms with Crippen molar-refractivity contribution in [1.29, 1.82) is 0 Å². The van der Waals surface area contributed by atoms with Crippen molar-refractivity contribution < 1.29 is 4.79 Å². The van der Waals surface area contributed by atoms with E-state index >= 15 is 0 Å². The first-order valence-electron chi connectivity index (χ1n) is 9.67. The summed E-state index contributed by atoms with van der Waals surface area (Å²) < 4.78 is 1.94. The summed E-state index contributed by atoms with van der Waals surface area (Å²) in [7, 11) is 0. The number of nitrogens with zero attached hydrogens (tertiary/aromatic N) is 5. The Morgan fingerprint density at radius 1 is 1.21 bits per heavy atom. The van der Waals surface area contributed by atoms with Crippen LogP contribution in [0, 0.1) is 0 Å². The molecule has 0 aliphatic carbocycles. The van der Waals surface area contributed by atoms with E-state index in [1.54, 1.807) is 12.4 Å². The summed E-state index contributed by atoms with van der Waals surface area (Å²) >= 11 is 7.63. The number of hydrogen-bond donors (Lipinski definition) is 0. The number of pyridine rings is 1. The first-order valence-corrected chi connectivity index (χ1v) is 11.0. The van der Waals surface area contributed by atoms with Crippen molar-refractivity contribution in [3.8, 4) is 17.1 Å². The minimum atomic E-state index is 0.147. The van der Waals surface area contributed by atoms with Crippen molar-refractivity contribution in [2.24, 2.45) is 0 Å². The molecule has 6 nitrogen and oxygen atoms in total. The lowest BCUT2D eigenvalue weighted by molar-refractivity contribution is -0.131. The minimum absolute atomic E-state index is 0.147. The van der Waals surface area contributed by atoms with Crippen LogP contribution in [0.5, 0.6) is 0 Å². The zero-order valence-corrected chi connectivity index (χ0v) is 17.7. The highest BCUT2D eigenvalue weighted by Gasteiger charge is 2.24. The summed E-state index contributed by atoms with van der Waals surface area (Å²) in [5, 5.41) is 10.1. The summed E-state index contributed by atoms with van der Waals surface area (Å²) in [6, 6.07) is 11.6. The molecule has 0 radical (unpaired) electrons. The van der Waals surface area contributed by atoms with E-state index in [2.05, 4.69) is 22.1 Å². The Labute approximate surface area is 179 Å². The van der Waals surface area contributed by atoms with E-state index in [4.69, 9.17) is 11.6 Å². The Morgan fingerprint density at radius 3 is 2.79 bits per heavy atom. The first-order chi connectivity index (χ1) is 14.1. The number of thioether (sulfide) groups is 1. The number of carbonyl (C=O) groups is 1. The van der Waals surface area contributed by atoms with Crippen molar-refractivity contribution >= 4 is 29.3 Å². The molecule has 1 atom stereocenters. The molecule has 1 fully saturated rings. The number of likely N-dealkylation sites (tertiary alicyclic amines) is 1. The highest BCUT2D eigenvalue weighted by atomic mass is 35.5. The number of aromatic nitrogens is 4. The summed E-state index contributed by atoms with van der Waals surface area (Å²) in [4.78, 5) is 18.8. The van der Waals surface area contributed by atoms with E-state index < -0.39 is 0 Å². The van der Waals surface area contributed by atoms with Crippen LogP contribution in [-0.2, 0) is 4.79 Å². The maximum absolute atomic E-state index is 12.8. The first kappa shape index (κ1) is 19.9. The van der Waals surface area contributed by atoms with Crippen LogP contribution in [0.15, 0.2) is 53.9 Å². The van der Waals surface area contributed by atoms with Crippen LogP contribution < -0.4 is 0 Å². The Bertz CT molecular complexity index is 994. The number of rotatable bonds is 5. The minimum Gasteiger partial charge on any atom is -0.339 e. The van der Waals surface area contributed by atoms with Gasteiger partial charge in [0.25, 0.3) is 0 Å². The molecular weight excluding hydrogens is 406 g/mol. The van der Waals surface area contributed by atoms with E-state index in [0.29, 0.717) is 27.8 Å². The third kappa shape index (κ3) is 4.46. The predicted octanol–water partition coefficient (Wildman–Crippen LogP) is 4.48. The summed E-state index contributed by atoms with van der Waals surface area (Å²) in [6.07, 6.45) is 6.78. The number of hydrogen-bond acceptors (Lipinski definition) is 5. The van der Waals surface area contributed by atoms with Gasteiger partial charge in [-0.25, -0.2) is 0 Å². The zero-order valence-electron chi connectivity index (χ0n) is 16.2. The van der Waals surface area contributed by atoms with Gasteiger partial charge in [-0.15, -0.1) is 10.2 Å². The number of carbonyl (C=O) groups excluding carboxylic acids is 1. The van der Waals surface area contributed by atoms with Gasteiger partial charge in [0.15, 0.2) is 11.0 Å². The Morgan fingerprint density at radius 2 is 2.03 bits per heavy atom. The van der Waals surface area contributed by atoms with Crippen molar-refractivity contribution in [3.63, 3.8) is 0 Å². The van der Waals surface area contributed by atoms with E-state index in [1.165, 1.54) is 18.2 Å². The summed E-state index contributed by atoms with van der Waals surface area (Å²) in [6.45, 7) is 2.96. The van der Waals surface area contributed by atoms with Crippen LogP contribution in [0.1, 0.15) is 26.2 Å². The molecule has 29 heavy (non-hydrogen) atoms. The highest BCUT2D eigenvalue weighted by molar-refractivity contribution is 7.99. The van der Waals surface area contributed by atoms with E-state index in [1.807, 2.05) is 45.9 Å². The molecule has 1 aliphatic rings. The third-order valence-corrected chi connectivity index (χ3v) is 6.24. The van der Waals surface area contributed by atoms with Gasteiger partial charge in [-0.1, -0.05) is 29.4 Å². The Kier molecular flexibility index (Phi) is 6.16. The lowest BCUT2D eigenvalue weighted by Crippen LogP contribution is -2.42. The van der Waals surface area contributed by atoms with Crippen molar-refractivity contribution in [1.82, 2.24) is 24.6 Å². The van der Waals surface area contributed by atoms with Crippen LogP contribution in [-0.4, -0.2) is 48.9 Å². The fourth-order valence-corrected chi connectivity index (χ4v) is 4.60. The van der Waals surface area contributed by atoms with Gasteiger partial charge in [0.2, 0.25) is 5.91 Å². The van der Waals surface area contributed by atoms with Crippen molar-refractivity contribution in [2.45, 2.75) is 37.4 Å². The van der Waals surface area contributed by atoms with Crippen LogP contribution in [0.25, 0.3) is 17.1 Å². The summed E-state index contributed by atoms with van der Waals surface area (Å²) in [5.74, 6) is 1.17. The molecule has 3 aromatic rings. The van der Waals surface area contributed by atoms with Crippen LogP contribution >= 0.6 is 23.4 Å². The van der Waals surface area contributed by atoms with E-state index in [-0.39, 0.29) is 5.91 Å². The van der Waals surface area contributed by atoms with Gasteiger partial charge >= 0.3 is 0 Å². The molecule has 1 saturated heterocycles. The van der Waals surface area contributed by atoms with Gasteiger partial charge in [-0.05, 0) is 56.5 Å². The largest absolute Gasteiger partial charge is 0.339 e. The molecule has 0 saturated carbocycles. The second-order valence-electron chi connectivity index (χ2n) is 7.08. The zero-order chi connectivity index (χ0) is 20.2. The molecule has 0 unspecified atom stereocenters. The molecule has 150 valence electrons. The van der Waals surface area contributed by atoms with E-state index in [9.17, 15) is 4.79 Å². The maximum atomic E-state index is 12.8. The second kappa shape index (κ2) is 8.97. The van der Waals surface area contributed by atoms with Gasteiger partial charge in [-0.2, -0.15) is 0 Å². The molecule has 4 rings (SSSR count). The average Bonchev–Trinajstić information content (AvgIpc) is 3.17. The SMILES string of the molecule is C[C@H]1CCCCN1C(=O)CSc1nnc(-c2ccncc2)n1-c1cccc(Cl)c1. The normalized spacial score (nSPS) is 16.8. The quantitative estimate of drug-likeness (QED) is 0.562. The van der Waals surface area contributed by atoms with Gasteiger partial charge in [0.05, 0.1) is 11.4 Å². The van der Waals surface area contributed by atoms with Crippen LogP contribution in [0.3, 0.4) is 0 Å². The Hall–Kier alpha value is -2.38. The predicted molar refractivity (Wildman–Crippen MR) is 115 cm³/mol. The van der Waals surface area contributed by atoms with Crippen molar-refractivity contribution in [3.05, 3.63) is 53.8 Å². The number of halogens is 1. The lowest BCUT2D eigenvalue weighted by Gasteiger charge is -2.33. The van der Waals surface area contributed by atoms with Crippen molar-refractivity contribution in [2.75, 3.05) is 12.3 Å². The lowest BCUT2D eigenvalue weighted by atomic mass is 10.0. The summed E-state index contributed by atoms with van der Waals surface area (Å²) in [5.41, 5.74) is 1.76.